The number of methoxy groups -OCH3 is 1. The standard InChI is InChI=1S/C26H28N4O3/c1-18-10-12-20(13-11-18)30-17-22(25(28-30)19-7-5-8-21(15-19)32-4)26(31)27-16-23(29(2)3)24-9-6-14-33-24/h5-15,17,23H,16H2,1-4H3,(H,27,31). The Morgan fingerprint density at radius 3 is 2.61 bits per heavy atom. The zero-order chi connectivity index (χ0) is 23.4. The molecule has 4 aromatic rings. The van der Waals surface area contributed by atoms with Crippen molar-refractivity contribution < 1.29 is 13.9 Å². The maximum atomic E-state index is 13.3. The van der Waals surface area contributed by atoms with E-state index in [9.17, 15) is 4.79 Å². The van der Waals surface area contributed by atoms with E-state index in [2.05, 4.69) is 5.32 Å². The molecule has 7 heteroatoms. The van der Waals surface area contributed by atoms with Gasteiger partial charge >= 0.3 is 0 Å². The van der Waals surface area contributed by atoms with E-state index in [1.54, 1.807) is 24.3 Å². The van der Waals surface area contributed by atoms with Gasteiger partial charge in [0.25, 0.3) is 5.91 Å². The summed E-state index contributed by atoms with van der Waals surface area (Å²) in [7, 11) is 5.53. The Labute approximate surface area is 193 Å². The molecule has 2 heterocycles. The fourth-order valence-corrected chi connectivity index (χ4v) is 3.66. The number of carbonyl (C=O) groups is 1. The second-order valence-electron chi connectivity index (χ2n) is 8.11. The molecule has 7 nitrogen and oxygen atoms in total. The molecule has 4 rings (SSSR count). The number of hydrogen-bond donors (Lipinski definition) is 1. The Morgan fingerprint density at radius 1 is 1.15 bits per heavy atom. The highest BCUT2D eigenvalue weighted by atomic mass is 16.5. The van der Waals surface area contributed by atoms with Crippen LogP contribution in [0.1, 0.15) is 27.7 Å². The van der Waals surface area contributed by atoms with Crippen LogP contribution in [0.5, 0.6) is 5.75 Å². The molecule has 0 saturated carbocycles. The lowest BCUT2D eigenvalue weighted by atomic mass is 10.1. The summed E-state index contributed by atoms with van der Waals surface area (Å²) in [6, 6.07) is 19.2. The summed E-state index contributed by atoms with van der Waals surface area (Å²) >= 11 is 0. The largest absolute Gasteiger partial charge is 0.497 e. The van der Waals surface area contributed by atoms with Crippen molar-refractivity contribution in [3.63, 3.8) is 0 Å². The van der Waals surface area contributed by atoms with E-state index in [1.807, 2.05) is 86.6 Å². The summed E-state index contributed by atoms with van der Waals surface area (Å²) in [5.74, 6) is 1.29. The number of benzene rings is 2. The first-order valence-electron chi connectivity index (χ1n) is 10.8. The van der Waals surface area contributed by atoms with Crippen LogP contribution in [-0.4, -0.2) is 48.3 Å². The van der Waals surface area contributed by atoms with E-state index in [4.69, 9.17) is 14.3 Å². The molecule has 0 fully saturated rings. The summed E-state index contributed by atoms with van der Waals surface area (Å²) in [6.45, 7) is 2.43. The van der Waals surface area contributed by atoms with E-state index in [-0.39, 0.29) is 11.9 Å². The summed E-state index contributed by atoms with van der Waals surface area (Å²) in [5, 5.41) is 7.82. The highest BCUT2D eigenvalue weighted by Crippen LogP contribution is 2.27. The summed E-state index contributed by atoms with van der Waals surface area (Å²) in [6.07, 6.45) is 3.41. The third-order valence-electron chi connectivity index (χ3n) is 5.55. The second-order valence-corrected chi connectivity index (χ2v) is 8.11. The lowest BCUT2D eigenvalue weighted by molar-refractivity contribution is 0.0939. The number of nitrogens with zero attached hydrogens (tertiary/aromatic N) is 3. The normalized spacial score (nSPS) is 12.0. The molecule has 0 saturated heterocycles. The maximum absolute atomic E-state index is 13.3. The molecule has 0 aliphatic heterocycles. The Morgan fingerprint density at radius 2 is 1.94 bits per heavy atom. The van der Waals surface area contributed by atoms with Gasteiger partial charge < -0.3 is 14.5 Å². The first-order chi connectivity index (χ1) is 16.0. The highest BCUT2D eigenvalue weighted by molar-refractivity contribution is 6.00. The molecule has 0 aliphatic rings. The number of amides is 1. The van der Waals surface area contributed by atoms with Crippen LogP contribution in [0.4, 0.5) is 0 Å². The van der Waals surface area contributed by atoms with Gasteiger partial charge in [-0.3, -0.25) is 9.69 Å². The van der Waals surface area contributed by atoms with Crippen molar-refractivity contribution in [2.75, 3.05) is 27.7 Å². The molecular formula is C26H28N4O3. The smallest absolute Gasteiger partial charge is 0.255 e. The Bertz CT molecular complexity index is 1210. The number of aromatic nitrogens is 2. The number of furan rings is 1. The molecule has 0 spiro atoms. The lowest BCUT2D eigenvalue weighted by Gasteiger charge is -2.22. The second kappa shape index (κ2) is 9.75. The lowest BCUT2D eigenvalue weighted by Crippen LogP contribution is -2.34. The first-order valence-corrected chi connectivity index (χ1v) is 10.8. The van der Waals surface area contributed by atoms with Gasteiger partial charge in [-0.1, -0.05) is 29.8 Å². The predicted octanol–water partition coefficient (Wildman–Crippen LogP) is 4.48. The van der Waals surface area contributed by atoms with Gasteiger partial charge in [-0.05, 0) is 57.4 Å². The van der Waals surface area contributed by atoms with Gasteiger partial charge in [0.15, 0.2) is 0 Å². The van der Waals surface area contributed by atoms with E-state index in [1.165, 1.54) is 0 Å². The van der Waals surface area contributed by atoms with Crippen LogP contribution >= 0.6 is 0 Å². The molecule has 2 aromatic carbocycles. The summed E-state index contributed by atoms with van der Waals surface area (Å²) in [4.78, 5) is 15.4. The van der Waals surface area contributed by atoms with Gasteiger partial charge in [0.05, 0.1) is 30.7 Å². The number of aryl methyl sites for hydroxylation is 1. The zero-order valence-corrected chi connectivity index (χ0v) is 19.3. The SMILES string of the molecule is COc1cccc(-c2nn(-c3ccc(C)cc3)cc2C(=O)NCC(c2ccco2)N(C)C)c1. The van der Waals surface area contributed by atoms with E-state index >= 15 is 0 Å². The van der Waals surface area contributed by atoms with Crippen molar-refractivity contribution in [2.24, 2.45) is 0 Å². The van der Waals surface area contributed by atoms with E-state index < -0.39 is 0 Å². The number of ether oxygens (including phenoxy) is 1. The topological polar surface area (TPSA) is 72.5 Å². The minimum absolute atomic E-state index is 0.0867. The molecule has 33 heavy (non-hydrogen) atoms. The Hall–Kier alpha value is -3.84. The summed E-state index contributed by atoms with van der Waals surface area (Å²) < 4.78 is 12.7. The van der Waals surface area contributed by atoms with Crippen LogP contribution in [0.2, 0.25) is 0 Å². The Kier molecular flexibility index (Phi) is 6.60. The van der Waals surface area contributed by atoms with Crippen molar-refractivity contribution in [3.05, 3.63) is 90.0 Å². The fraction of sp³-hybridized carbons (Fsp3) is 0.231. The highest BCUT2D eigenvalue weighted by Gasteiger charge is 2.22. The van der Waals surface area contributed by atoms with Crippen LogP contribution in [0, 0.1) is 6.92 Å². The summed E-state index contributed by atoms with van der Waals surface area (Å²) in [5.41, 5.74) is 3.92. The van der Waals surface area contributed by atoms with Gasteiger partial charge in [0, 0.05) is 18.3 Å². The van der Waals surface area contributed by atoms with Gasteiger partial charge in [0.2, 0.25) is 0 Å². The number of likely N-dealkylation sites (N-methyl/N-ethyl adjacent to an activating group) is 1. The molecule has 0 aliphatic carbocycles. The van der Waals surface area contributed by atoms with Gasteiger partial charge in [-0.15, -0.1) is 0 Å². The van der Waals surface area contributed by atoms with Crippen LogP contribution in [0.25, 0.3) is 16.9 Å². The van der Waals surface area contributed by atoms with Crippen LogP contribution in [0.3, 0.4) is 0 Å². The minimum Gasteiger partial charge on any atom is -0.497 e. The molecule has 1 amide bonds. The van der Waals surface area contributed by atoms with Crippen LogP contribution < -0.4 is 10.1 Å². The molecule has 2 aromatic heterocycles. The first kappa shape index (κ1) is 22.4. The number of carbonyl (C=O) groups excluding carboxylic acids is 1. The zero-order valence-electron chi connectivity index (χ0n) is 19.3. The van der Waals surface area contributed by atoms with Crippen molar-refractivity contribution in [1.29, 1.82) is 0 Å². The molecule has 170 valence electrons. The van der Waals surface area contributed by atoms with Crippen molar-refractivity contribution in [3.8, 4) is 22.7 Å². The average Bonchev–Trinajstić information content (AvgIpc) is 3.50. The third kappa shape index (κ3) is 4.99. The minimum atomic E-state index is -0.204. The monoisotopic (exact) mass is 444 g/mol. The average molecular weight is 445 g/mol. The van der Waals surface area contributed by atoms with Crippen LogP contribution in [-0.2, 0) is 0 Å². The fourth-order valence-electron chi connectivity index (χ4n) is 3.66. The van der Waals surface area contributed by atoms with E-state index in [0.29, 0.717) is 23.6 Å². The van der Waals surface area contributed by atoms with Crippen molar-refractivity contribution in [2.45, 2.75) is 13.0 Å². The molecule has 0 bridgehead atoms. The van der Waals surface area contributed by atoms with Crippen molar-refractivity contribution in [1.82, 2.24) is 20.0 Å². The number of nitrogens with one attached hydrogen (secondary N) is 1. The van der Waals surface area contributed by atoms with Gasteiger partial charge in [-0.25, -0.2) is 4.68 Å². The number of hydrogen-bond acceptors (Lipinski definition) is 5. The maximum Gasteiger partial charge on any atom is 0.255 e. The Balaban J connectivity index is 1.67. The quantitative estimate of drug-likeness (QED) is 0.434. The molecule has 0 radical (unpaired) electrons. The molecule has 1 unspecified atom stereocenters. The predicted molar refractivity (Wildman–Crippen MR) is 128 cm³/mol. The van der Waals surface area contributed by atoms with Crippen molar-refractivity contribution >= 4 is 5.91 Å². The molecule has 1 N–H and O–H groups in total. The van der Waals surface area contributed by atoms with E-state index in [0.717, 1.165) is 22.6 Å². The van der Waals surface area contributed by atoms with Crippen LogP contribution in [0.15, 0.2) is 77.5 Å². The van der Waals surface area contributed by atoms with Gasteiger partial charge in [-0.2, -0.15) is 5.10 Å². The third-order valence-corrected chi connectivity index (χ3v) is 5.55. The molecule has 1 atom stereocenters. The number of rotatable bonds is 8. The molecular weight excluding hydrogens is 416 g/mol. The van der Waals surface area contributed by atoms with Gasteiger partial charge in [0.1, 0.15) is 17.2 Å².